The van der Waals surface area contributed by atoms with Gasteiger partial charge in [0, 0.05) is 13.0 Å². The van der Waals surface area contributed by atoms with E-state index in [0.717, 1.165) is 13.0 Å². The Morgan fingerprint density at radius 3 is 2.73 bits per heavy atom. The molecule has 2 heterocycles. The topological polar surface area (TPSA) is 67.5 Å². The Kier molecular flexibility index (Phi) is 7.36. The Bertz CT molecular complexity index is 1030. The highest BCUT2D eigenvalue weighted by molar-refractivity contribution is 6.12. The fraction of sp³-hybridized carbons (Fsp3) is 0.360. The summed E-state index contributed by atoms with van der Waals surface area (Å²) in [6.07, 6.45) is 2.39. The van der Waals surface area contributed by atoms with E-state index < -0.39 is 11.7 Å². The van der Waals surface area contributed by atoms with Crippen molar-refractivity contribution < 1.29 is 28.5 Å². The van der Waals surface area contributed by atoms with E-state index >= 15 is 0 Å². The lowest BCUT2D eigenvalue weighted by atomic mass is 10.1. The average Bonchev–Trinajstić information content (AvgIpc) is 2.81. The molecule has 2 aromatic carbocycles. The van der Waals surface area contributed by atoms with E-state index in [4.69, 9.17) is 4.74 Å². The molecule has 4 rings (SSSR count). The monoisotopic (exact) mass is 454 g/mol. The van der Waals surface area contributed by atoms with Crippen molar-refractivity contribution in [3.8, 4) is 5.75 Å². The lowest BCUT2D eigenvalue weighted by Gasteiger charge is -2.30. The summed E-state index contributed by atoms with van der Waals surface area (Å²) >= 11 is 0. The van der Waals surface area contributed by atoms with Gasteiger partial charge in [0.05, 0.1) is 19.3 Å². The van der Waals surface area contributed by atoms with Crippen LogP contribution in [0.5, 0.6) is 5.75 Å². The van der Waals surface area contributed by atoms with Gasteiger partial charge in [-0.05, 0) is 35.9 Å². The van der Waals surface area contributed by atoms with Crippen LogP contribution in [0.15, 0.2) is 54.3 Å². The first-order valence-electron chi connectivity index (χ1n) is 11.5. The van der Waals surface area contributed by atoms with Crippen LogP contribution in [0.1, 0.15) is 12.0 Å². The Balaban J connectivity index is 1.38. The average molecular weight is 455 g/mol. The molecule has 2 aromatic rings. The van der Waals surface area contributed by atoms with Crippen molar-refractivity contribution in [3.63, 3.8) is 0 Å². The van der Waals surface area contributed by atoms with E-state index in [1.165, 1.54) is 49.3 Å². The summed E-state index contributed by atoms with van der Waals surface area (Å²) < 4.78 is 19.4. The largest absolute Gasteiger partial charge is 0.449 e. The molecule has 3 N–H and O–H groups in total. The van der Waals surface area contributed by atoms with Gasteiger partial charge in [-0.2, -0.15) is 0 Å². The Hall–Kier alpha value is -3.23. The number of halogens is 1. The first-order valence-corrected chi connectivity index (χ1v) is 11.5. The predicted molar refractivity (Wildman–Crippen MR) is 124 cm³/mol. The summed E-state index contributed by atoms with van der Waals surface area (Å²) in [5.74, 6) is -0.523. The number of rotatable bonds is 7. The van der Waals surface area contributed by atoms with E-state index in [-0.39, 0.29) is 18.2 Å². The highest BCUT2D eigenvalue weighted by atomic mass is 19.1. The maximum Gasteiger partial charge on any atom is 0.294 e. The van der Waals surface area contributed by atoms with Crippen LogP contribution in [0.25, 0.3) is 6.08 Å². The van der Waals surface area contributed by atoms with Gasteiger partial charge in [-0.1, -0.05) is 24.3 Å². The number of fused-ring (bicyclic) bond motifs is 1. The molecule has 8 heteroatoms. The van der Waals surface area contributed by atoms with Gasteiger partial charge in [0.2, 0.25) is 5.91 Å². The number of piperazine rings is 1. The number of carbonyl (C=O) groups excluding carboxylic acids is 2. The predicted octanol–water partition coefficient (Wildman–Crippen LogP) is -0.488. The van der Waals surface area contributed by atoms with Crippen molar-refractivity contribution in [2.75, 3.05) is 57.8 Å². The molecule has 0 atom stereocenters. The first kappa shape index (κ1) is 22.9. The SMILES string of the molecule is C[NH+]1CC[NH+](CCCNC(=O)CN2C(=O)C(=Cc3cccc(F)c3)Oc3ccccc32)CC1. The Morgan fingerprint density at radius 1 is 1.15 bits per heavy atom. The van der Waals surface area contributed by atoms with Crippen LogP contribution >= 0.6 is 0 Å². The summed E-state index contributed by atoms with van der Waals surface area (Å²) in [5, 5.41) is 2.94. The normalized spacial score (nSPS) is 21.5. The van der Waals surface area contributed by atoms with Gasteiger partial charge in [-0.3, -0.25) is 14.5 Å². The second-order valence-electron chi connectivity index (χ2n) is 8.69. The zero-order valence-electron chi connectivity index (χ0n) is 18.9. The first-order chi connectivity index (χ1) is 16.0. The molecule has 0 saturated carbocycles. The van der Waals surface area contributed by atoms with Gasteiger partial charge in [-0.15, -0.1) is 0 Å². The Labute approximate surface area is 193 Å². The summed E-state index contributed by atoms with van der Waals surface area (Å²) in [6.45, 7) is 6.21. The number of carbonyl (C=O) groups is 2. The van der Waals surface area contributed by atoms with Gasteiger partial charge in [-0.25, -0.2) is 4.39 Å². The van der Waals surface area contributed by atoms with Crippen molar-refractivity contribution >= 4 is 23.6 Å². The van der Waals surface area contributed by atoms with Gasteiger partial charge in [0.1, 0.15) is 38.5 Å². The fourth-order valence-corrected chi connectivity index (χ4v) is 4.21. The number of nitrogens with one attached hydrogen (secondary N) is 3. The van der Waals surface area contributed by atoms with E-state index in [0.29, 0.717) is 23.5 Å². The third kappa shape index (κ3) is 5.97. The number of para-hydroxylation sites is 2. The Morgan fingerprint density at radius 2 is 1.94 bits per heavy atom. The van der Waals surface area contributed by atoms with Crippen molar-refractivity contribution in [2.24, 2.45) is 0 Å². The number of benzene rings is 2. The molecule has 0 bridgehead atoms. The molecule has 0 radical (unpaired) electrons. The smallest absolute Gasteiger partial charge is 0.294 e. The fourth-order valence-electron chi connectivity index (χ4n) is 4.21. The van der Waals surface area contributed by atoms with Crippen LogP contribution in [-0.4, -0.2) is 64.7 Å². The van der Waals surface area contributed by atoms with Crippen LogP contribution in [0.4, 0.5) is 10.1 Å². The van der Waals surface area contributed by atoms with Crippen LogP contribution in [0, 0.1) is 5.82 Å². The number of likely N-dealkylation sites (N-methyl/N-ethyl adjacent to an activating group) is 1. The highest BCUT2D eigenvalue weighted by Gasteiger charge is 2.31. The van der Waals surface area contributed by atoms with E-state index in [9.17, 15) is 14.0 Å². The molecular formula is C25H31FN4O3+2. The molecule has 1 fully saturated rings. The minimum absolute atomic E-state index is 0.0490. The maximum atomic E-state index is 13.6. The quantitative estimate of drug-likeness (QED) is 0.391. The summed E-state index contributed by atoms with van der Waals surface area (Å²) in [5.41, 5.74) is 1.05. The maximum absolute atomic E-state index is 13.6. The van der Waals surface area contributed by atoms with Gasteiger partial charge >= 0.3 is 0 Å². The molecule has 2 aliphatic rings. The van der Waals surface area contributed by atoms with E-state index in [2.05, 4.69) is 12.4 Å². The summed E-state index contributed by atoms with van der Waals surface area (Å²) in [7, 11) is 2.22. The van der Waals surface area contributed by atoms with Crippen molar-refractivity contribution in [3.05, 3.63) is 65.7 Å². The van der Waals surface area contributed by atoms with Crippen LogP contribution in [0.2, 0.25) is 0 Å². The standard InChI is InChI=1S/C25H29FN4O3/c1-28-12-14-29(15-13-28)11-5-10-27-24(31)18-30-21-8-2-3-9-22(21)33-23(25(30)32)17-19-6-4-7-20(26)16-19/h2-4,6-9,16-17H,5,10-15,18H2,1H3,(H,27,31)/p+2. The third-order valence-corrected chi connectivity index (χ3v) is 6.12. The molecule has 7 nitrogen and oxygen atoms in total. The molecule has 174 valence electrons. The van der Waals surface area contributed by atoms with E-state index in [1.807, 2.05) is 0 Å². The van der Waals surface area contributed by atoms with Crippen molar-refractivity contribution in [1.82, 2.24) is 5.32 Å². The number of quaternary nitrogens is 2. The highest BCUT2D eigenvalue weighted by Crippen LogP contribution is 2.35. The minimum atomic E-state index is -0.433. The molecule has 2 amide bonds. The second kappa shape index (κ2) is 10.6. The van der Waals surface area contributed by atoms with E-state index in [1.54, 1.807) is 46.2 Å². The zero-order valence-corrected chi connectivity index (χ0v) is 18.9. The van der Waals surface area contributed by atoms with Crippen molar-refractivity contribution in [1.29, 1.82) is 0 Å². The van der Waals surface area contributed by atoms with Gasteiger partial charge < -0.3 is 19.9 Å². The molecule has 33 heavy (non-hydrogen) atoms. The molecule has 0 aliphatic carbocycles. The minimum Gasteiger partial charge on any atom is -0.449 e. The molecular weight excluding hydrogens is 423 g/mol. The third-order valence-electron chi connectivity index (χ3n) is 6.12. The molecule has 0 aromatic heterocycles. The molecule has 2 aliphatic heterocycles. The second-order valence-corrected chi connectivity index (χ2v) is 8.69. The zero-order chi connectivity index (χ0) is 23.2. The lowest BCUT2D eigenvalue weighted by molar-refractivity contribution is -1.00. The number of hydrogen-bond acceptors (Lipinski definition) is 3. The number of hydrogen-bond donors (Lipinski definition) is 3. The van der Waals surface area contributed by atoms with Crippen molar-refractivity contribution in [2.45, 2.75) is 6.42 Å². The van der Waals surface area contributed by atoms with Gasteiger partial charge in [0.25, 0.3) is 5.91 Å². The summed E-state index contributed by atoms with van der Waals surface area (Å²) in [6, 6.07) is 13.0. The number of ether oxygens (including phenoxy) is 1. The molecule has 0 spiro atoms. The molecule has 0 unspecified atom stereocenters. The van der Waals surface area contributed by atoms with Crippen LogP contribution < -0.4 is 24.8 Å². The number of nitrogens with zero attached hydrogens (tertiary/aromatic N) is 1. The van der Waals surface area contributed by atoms with Crippen LogP contribution in [0.3, 0.4) is 0 Å². The lowest BCUT2D eigenvalue weighted by Crippen LogP contribution is -3.27. The molecule has 1 saturated heterocycles. The van der Waals surface area contributed by atoms with Crippen LogP contribution in [-0.2, 0) is 9.59 Å². The van der Waals surface area contributed by atoms with Gasteiger partial charge in [0.15, 0.2) is 11.5 Å². The number of anilines is 1. The summed E-state index contributed by atoms with van der Waals surface area (Å²) in [4.78, 5) is 30.3. The number of amides is 2.